The molecule has 1 aliphatic rings. The highest BCUT2D eigenvalue weighted by atomic mass is 32.2. The van der Waals surface area contributed by atoms with Gasteiger partial charge in [0, 0.05) is 11.4 Å². The molecular formula is C15H19NO3S. The maximum atomic E-state index is 12.6. The minimum absolute atomic E-state index is 0.0263. The van der Waals surface area contributed by atoms with Gasteiger partial charge < -0.3 is 9.64 Å². The largest absolute Gasteiger partial charge is 0.468 e. The van der Waals surface area contributed by atoms with Gasteiger partial charge in [-0.1, -0.05) is 25.1 Å². The number of rotatable bonds is 5. The van der Waals surface area contributed by atoms with Gasteiger partial charge in [-0.25, -0.2) is 0 Å². The Morgan fingerprint density at radius 2 is 2.15 bits per heavy atom. The average molecular weight is 293 g/mol. The van der Waals surface area contributed by atoms with Crippen molar-refractivity contribution in [2.45, 2.75) is 29.9 Å². The molecular weight excluding hydrogens is 274 g/mol. The number of benzene rings is 1. The lowest BCUT2D eigenvalue weighted by Gasteiger charge is -2.23. The van der Waals surface area contributed by atoms with Crippen molar-refractivity contribution in [1.29, 1.82) is 0 Å². The number of carbonyl (C=O) groups excluding carboxylic acids is 2. The predicted molar refractivity (Wildman–Crippen MR) is 78.7 cm³/mol. The van der Waals surface area contributed by atoms with E-state index in [0.29, 0.717) is 6.54 Å². The molecule has 1 aromatic carbocycles. The molecule has 5 heteroatoms. The van der Waals surface area contributed by atoms with E-state index in [1.165, 1.54) is 17.6 Å². The van der Waals surface area contributed by atoms with Crippen molar-refractivity contribution >= 4 is 23.6 Å². The van der Waals surface area contributed by atoms with E-state index < -0.39 is 0 Å². The first kappa shape index (κ1) is 14.9. The van der Waals surface area contributed by atoms with Crippen LogP contribution in [0, 0.1) is 0 Å². The topological polar surface area (TPSA) is 46.6 Å². The Hall–Kier alpha value is -1.49. The Morgan fingerprint density at radius 1 is 1.40 bits per heavy atom. The van der Waals surface area contributed by atoms with Gasteiger partial charge in [0.1, 0.15) is 6.54 Å². The molecule has 1 aliphatic heterocycles. The van der Waals surface area contributed by atoms with Crippen molar-refractivity contribution in [3.05, 3.63) is 29.8 Å². The minimum Gasteiger partial charge on any atom is -0.468 e. The first-order valence-electron chi connectivity index (χ1n) is 6.75. The highest BCUT2D eigenvalue weighted by Crippen LogP contribution is 2.37. The van der Waals surface area contributed by atoms with Gasteiger partial charge in [0.2, 0.25) is 5.91 Å². The Balaban J connectivity index is 2.04. The Kier molecular flexibility index (Phi) is 5.06. The summed E-state index contributed by atoms with van der Waals surface area (Å²) in [4.78, 5) is 26.7. The molecule has 0 bridgehead atoms. The molecule has 0 saturated heterocycles. The normalized spacial score (nSPS) is 16.6. The first-order valence-corrected chi connectivity index (χ1v) is 7.63. The Morgan fingerprint density at radius 3 is 2.80 bits per heavy atom. The second-order valence-electron chi connectivity index (χ2n) is 4.75. The molecule has 0 N–H and O–H groups in total. The van der Waals surface area contributed by atoms with Crippen LogP contribution in [0.4, 0.5) is 0 Å². The van der Waals surface area contributed by atoms with Gasteiger partial charge in [-0.05, 0) is 24.5 Å². The SMILES string of the molecule is CCCN(CC(=O)OC)C(=O)C1Cc2ccccc2S1. The van der Waals surface area contributed by atoms with Crippen LogP contribution in [-0.2, 0) is 20.7 Å². The average Bonchev–Trinajstić information content (AvgIpc) is 2.89. The highest BCUT2D eigenvalue weighted by Gasteiger charge is 2.31. The molecule has 4 nitrogen and oxygen atoms in total. The third kappa shape index (κ3) is 3.33. The van der Waals surface area contributed by atoms with E-state index in [1.54, 1.807) is 16.7 Å². The summed E-state index contributed by atoms with van der Waals surface area (Å²) >= 11 is 1.59. The summed E-state index contributed by atoms with van der Waals surface area (Å²) in [6.07, 6.45) is 1.56. The fourth-order valence-corrected chi connectivity index (χ4v) is 3.56. The number of amides is 1. The zero-order valence-corrected chi connectivity index (χ0v) is 12.6. The lowest BCUT2D eigenvalue weighted by Crippen LogP contribution is -2.41. The molecule has 0 fully saturated rings. The molecule has 1 amide bonds. The second kappa shape index (κ2) is 6.79. The molecule has 0 spiro atoms. The van der Waals surface area contributed by atoms with Crippen LogP contribution in [0.2, 0.25) is 0 Å². The maximum absolute atomic E-state index is 12.6. The molecule has 1 aromatic rings. The van der Waals surface area contributed by atoms with E-state index in [2.05, 4.69) is 10.8 Å². The van der Waals surface area contributed by atoms with Crippen LogP contribution in [0.3, 0.4) is 0 Å². The zero-order valence-electron chi connectivity index (χ0n) is 11.8. The molecule has 0 aliphatic carbocycles. The molecule has 0 saturated carbocycles. The Bertz CT molecular complexity index is 479. The third-order valence-corrected chi connectivity index (χ3v) is 4.58. The number of ether oxygens (including phenoxy) is 1. The van der Waals surface area contributed by atoms with Crippen LogP contribution in [0.1, 0.15) is 18.9 Å². The van der Waals surface area contributed by atoms with Crippen LogP contribution in [0.5, 0.6) is 0 Å². The van der Waals surface area contributed by atoms with Crippen molar-refractivity contribution in [3.63, 3.8) is 0 Å². The summed E-state index contributed by atoms with van der Waals surface area (Å²) in [5.41, 5.74) is 1.21. The maximum Gasteiger partial charge on any atom is 0.325 e. The van der Waals surface area contributed by atoms with Crippen molar-refractivity contribution in [2.75, 3.05) is 20.2 Å². The van der Waals surface area contributed by atoms with Gasteiger partial charge in [-0.15, -0.1) is 11.8 Å². The summed E-state index contributed by atoms with van der Waals surface area (Å²) in [6.45, 7) is 2.62. The third-order valence-electron chi connectivity index (χ3n) is 3.28. The van der Waals surface area contributed by atoms with E-state index in [1.807, 2.05) is 25.1 Å². The first-order chi connectivity index (χ1) is 9.65. The smallest absolute Gasteiger partial charge is 0.325 e. The van der Waals surface area contributed by atoms with Gasteiger partial charge in [0.15, 0.2) is 0 Å². The number of nitrogens with zero attached hydrogens (tertiary/aromatic N) is 1. The molecule has 108 valence electrons. The monoisotopic (exact) mass is 293 g/mol. The van der Waals surface area contributed by atoms with Crippen LogP contribution in [-0.4, -0.2) is 42.2 Å². The standard InChI is InChI=1S/C15H19NO3S/c1-3-8-16(10-14(17)19-2)15(18)13-9-11-6-4-5-7-12(11)20-13/h4-7,13H,3,8-10H2,1-2H3. The number of fused-ring (bicyclic) bond motifs is 1. The highest BCUT2D eigenvalue weighted by molar-refractivity contribution is 8.01. The summed E-state index contributed by atoms with van der Waals surface area (Å²) in [6, 6.07) is 8.07. The van der Waals surface area contributed by atoms with Crippen LogP contribution in [0.25, 0.3) is 0 Å². The van der Waals surface area contributed by atoms with Crippen molar-refractivity contribution < 1.29 is 14.3 Å². The fraction of sp³-hybridized carbons (Fsp3) is 0.467. The molecule has 2 rings (SSSR count). The predicted octanol–water partition coefficient (Wildman–Crippen LogP) is 2.11. The number of hydrogen-bond acceptors (Lipinski definition) is 4. The minimum atomic E-state index is -0.368. The van der Waals surface area contributed by atoms with Crippen molar-refractivity contribution in [3.8, 4) is 0 Å². The lowest BCUT2D eigenvalue weighted by atomic mass is 10.1. The van der Waals surface area contributed by atoms with Gasteiger partial charge >= 0.3 is 5.97 Å². The zero-order chi connectivity index (χ0) is 14.5. The van der Waals surface area contributed by atoms with E-state index in [9.17, 15) is 9.59 Å². The van der Waals surface area contributed by atoms with Crippen LogP contribution in [0.15, 0.2) is 29.2 Å². The number of methoxy groups -OCH3 is 1. The van der Waals surface area contributed by atoms with Crippen molar-refractivity contribution in [1.82, 2.24) is 4.90 Å². The summed E-state index contributed by atoms with van der Waals surface area (Å²) < 4.78 is 4.66. The van der Waals surface area contributed by atoms with E-state index in [-0.39, 0.29) is 23.7 Å². The van der Waals surface area contributed by atoms with E-state index in [0.717, 1.165) is 12.8 Å². The summed E-state index contributed by atoms with van der Waals surface area (Å²) in [5, 5.41) is -0.122. The number of esters is 1. The molecule has 20 heavy (non-hydrogen) atoms. The number of hydrogen-bond donors (Lipinski definition) is 0. The molecule has 1 atom stereocenters. The molecule has 1 unspecified atom stereocenters. The number of carbonyl (C=O) groups is 2. The van der Waals surface area contributed by atoms with Crippen LogP contribution >= 0.6 is 11.8 Å². The van der Waals surface area contributed by atoms with Gasteiger partial charge in [-0.2, -0.15) is 0 Å². The van der Waals surface area contributed by atoms with E-state index >= 15 is 0 Å². The molecule has 1 heterocycles. The summed E-state index contributed by atoms with van der Waals surface area (Å²) in [7, 11) is 1.34. The van der Waals surface area contributed by atoms with Gasteiger partial charge in [-0.3, -0.25) is 9.59 Å². The fourth-order valence-electron chi connectivity index (χ4n) is 2.28. The second-order valence-corrected chi connectivity index (χ2v) is 6.00. The van der Waals surface area contributed by atoms with Crippen LogP contribution < -0.4 is 0 Å². The lowest BCUT2D eigenvalue weighted by molar-refractivity contribution is -0.146. The summed E-state index contributed by atoms with van der Waals surface area (Å²) in [5.74, 6) is -0.342. The quantitative estimate of drug-likeness (QED) is 0.780. The number of thioether (sulfide) groups is 1. The Labute approximate surface area is 123 Å². The van der Waals surface area contributed by atoms with Gasteiger partial charge in [0.05, 0.1) is 12.4 Å². The van der Waals surface area contributed by atoms with E-state index in [4.69, 9.17) is 0 Å². The molecule has 0 aromatic heterocycles. The van der Waals surface area contributed by atoms with Crippen molar-refractivity contribution in [2.24, 2.45) is 0 Å². The molecule has 0 radical (unpaired) electrons. The van der Waals surface area contributed by atoms with Gasteiger partial charge in [0.25, 0.3) is 0 Å².